The van der Waals surface area contributed by atoms with E-state index in [1.165, 1.54) is 0 Å². The van der Waals surface area contributed by atoms with Gasteiger partial charge in [0.2, 0.25) is 5.91 Å². The van der Waals surface area contributed by atoms with E-state index in [1.807, 2.05) is 18.2 Å². The average Bonchev–Trinajstić information content (AvgIpc) is 3.16. The molecule has 4 rings (SSSR count). The number of fused-ring (bicyclic) bond motifs is 1. The van der Waals surface area contributed by atoms with Crippen LogP contribution in [0.5, 0.6) is 0 Å². The summed E-state index contributed by atoms with van der Waals surface area (Å²) in [5, 5.41) is 0. The van der Waals surface area contributed by atoms with Crippen molar-refractivity contribution in [3.8, 4) is 0 Å². The van der Waals surface area contributed by atoms with Crippen molar-refractivity contribution < 1.29 is 9.53 Å². The molecule has 21 heavy (non-hydrogen) atoms. The summed E-state index contributed by atoms with van der Waals surface area (Å²) in [7, 11) is 0. The highest BCUT2D eigenvalue weighted by Crippen LogP contribution is 2.36. The number of ether oxygens (including phenoxy) is 1. The lowest BCUT2D eigenvalue weighted by atomic mass is 9.95. The zero-order chi connectivity index (χ0) is 14.2. The van der Waals surface area contributed by atoms with Gasteiger partial charge in [-0.1, -0.05) is 18.2 Å². The van der Waals surface area contributed by atoms with E-state index in [-0.39, 0.29) is 5.91 Å². The van der Waals surface area contributed by atoms with Crippen molar-refractivity contribution in [3.05, 3.63) is 30.3 Å². The first-order chi connectivity index (χ1) is 10.3. The molecule has 3 fully saturated rings. The highest BCUT2D eigenvalue weighted by Gasteiger charge is 2.46. The van der Waals surface area contributed by atoms with Crippen LogP contribution in [0.15, 0.2) is 30.3 Å². The molecular formula is C17H22N2O2. The molecule has 4 heteroatoms. The Hall–Kier alpha value is -1.39. The van der Waals surface area contributed by atoms with Crippen molar-refractivity contribution in [2.75, 3.05) is 24.7 Å². The monoisotopic (exact) mass is 286 g/mol. The number of rotatable bonds is 2. The van der Waals surface area contributed by atoms with Crippen molar-refractivity contribution in [1.29, 1.82) is 0 Å². The molecule has 1 amide bonds. The second-order valence-electron chi connectivity index (χ2n) is 6.32. The topological polar surface area (TPSA) is 32.8 Å². The standard InChI is InChI=1S/C17H22N2O2/c20-17-7-6-15-16(19(17)13-4-2-1-3-5-13)8-10-18(15)14-9-11-21-12-14/h1-5,14-16H,6-12H2/t14?,15-,16-/m0/s1. The highest BCUT2D eigenvalue weighted by molar-refractivity contribution is 5.95. The van der Waals surface area contributed by atoms with Gasteiger partial charge >= 0.3 is 0 Å². The van der Waals surface area contributed by atoms with E-state index in [1.54, 1.807) is 0 Å². The SMILES string of the molecule is O=C1CC[C@H]2[C@H](CCN2C2CCOC2)N1c1ccccc1. The molecule has 3 aliphatic heterocycles. The molecule has 3 atom stereocenters. The van der Waals surface area contributed by atoms with Gasteiger partial charge in [-0.2, -0.15) is 0 Å². The molecule has 1 unspecified atom stereocenters. The Morgan fingerprint density at radius 3 is 2.67 bits per heavy atom. The Balaban J connectivity index is 1.59. The molecule has 0 spiro atoms. The Labute approximate surface area is 125 Å². The maximum Gasteiger partial charge on any atom is 0.227 e. The molecule has 3 saturated heterocycles. The van der Waals surface area contributed by atoms with E-state index in [4.69, 9.17) is 4.74 Å². The van der Waals surface area contributed by atoms with E-state index < -0.39 is 0 Å². The number of anilines is 1. The maximum absolute atomic E-state index is 12.4. The van der Waals surface area contributed by atoms with Gasteiger partial charge in [0.15, 0.2) is 0 Å². The fourth-order valence-electron chi connectivity index (χ4n) is 4.26. The molecule has 4 nitrogen and oxygen atoms in total. The summed E-state index contributed by atoms with van der Waals surface area (Å²) in [6.07, 6.45) is 3.90. The molecule has 3 heterocycles. The molecule has 3 aliphatic rings. The first kappa shape index (κ1) is 13.3. The van der Waals surface area contributed by atoms with E-state index in [0.717, 1.165) is 44.7 Å². The van der Waals surface area contributed by atoms with Crippen LogP contribution >= 0.6 is 0 Å². The molecule has 0 saturated carbocycles. The van der Waals surface area contributed by atoms with Gasteiger partial charge < -0.3 is 9.64 Å². The summed E-state index contributed by atoms with van der Waals surface area (Å²) in [6, 6.07) is 11.6. The third-order valence-electron chi connectivity index (χ3n) is 5.22. The van der Waals surface area contributed by atoms with Crippen LogP contribution in [0.3, 0.4) is 0 Å². The molecular weight excluding hydrogens is 264 g/mol. The summed E-state index contributed by atoms with van der Waals surface area (Å²) in [4.78, 5) is 17.1. The minimum Gasteiger partial charge on any atom is -0.380 e. The minimum atomic E-state index is 0.284. The first-order valence-corrected chi connectivity index (χ1v) is 8.05. The van der Waals surface area contributed by atoms with Crippen molar-refractivity contribution in [2.24, 2.45) is 0 Å². The van der Waals surface area contributed by atoms with Gasteiger partial charge in [-0.25, -0.2) is 0 Å². The van der Waals surface area contributed by atoms with Crippen LogP contribution < -0.4 is 4.90 Å². The number of hydrogen-bond acceptors (Lipinski definition) is 3. The van der Waals surface area contributed by atoms with Crippen LogP contribution in [-0.2, 0) is 9.53 Å². The van der Waals surface area contributed by atoms with Crippen LogP contribution in [0.4, 0.5) is 5.69 Å². The second kappa shape index (κ2) is 5.43. The molecule has 0 N–H and O–H groups in total. The van der Waals surface area contributed by atoms with Gasteiger partial charge in [0.25, 0.3) is 0 Å². The molecule has 0 radical (unpaired) electrons. The van der Waals surface area contributed by atoms with Crippen LogP contribution in [0.25, 0.3) is 0 Å². The number of amides is 1. The summed E-state index contributed by atoms with van der Waals surface area (Å²) >= 11 is 0. The maximum atomic E-state index is 12.4. The highest BCUT2D eigenvalue weighted by atomic mass is 16.5. The van der Waals surface area contributed by atoms with E-state index in [9.17, 15) is 4.79 Å². The molecule has 1 aromatic carbocycles. The quantitative estimate of drug-likeness (QED) is 0.834. The smallest absolute Gasteiger partial charge is 0.227 e. The number of nitrogens with zero attached hydrogens (tertiary/aromatic N) is 2. The van der Waals surface area contributed by atoms with Crippen LogP contribution in [0.1, 0.15) is 25.7 Å². The van der Waals surface area contributed by atoms with Crippen molar-refractivity contribution in [1.82, 2.24) is 4.90 Å². The summed E-state index contributed by atoms with van der Waals surface area (Å²) < 4.78 is 5.56. The lowest BCUT2D eigenvalue weighted by Gasteiger charge is -2.41. The van der Waals surface area contributed by atoms with Gasteiger partial charge in [-0.3, -0.25) is 9.69 Å². The Morgan fingerprint density at radius 1 is 1.05 bits per heavy atom. The van der Waals surface area contributed by atoms with Crippen LogP contribution in [0.2, 0.25) is 0 Å². The zero-order valence-electron chi connectivity index (χ0n) is 12.3. The van der Waals surface area contributed by atoms with E-state index >= 15 is 0 Å². The number of benzene rings is 1. The lowest BCUT2D eigenvalue weighted by Crippen LogP contribution is -2.54. The average molecular weight is 286 g/mol. The van der Waals surface area contributed by atoms with Crippen molar-refractivity contribution in [2.45, 2.75) is 43.8 Å². The van der Waals surface area contributed by atoms with Gasteiger partial charge in [0, 0.05) is 37.3 Å². The summed E-state index contributed by atoms with van der Waals surface area (Å²) in [5.74, 6) is 0.284. The Morgan fingerprint density at radius 2 is 1.90 bits per heavy atom. The third-order valence-corrected chi connectivity index (χ3v) is 5.22. The van der Waals surface area contributed by atoms with Crippen molar-refractivity contribution >= 4 is 11.6 Å². The molecule has 112 valence electrons. The van der Waals surface area contributed by atoms with Crippen LogP contribution in [-0.4, -0.2) is 48.7 Å². The predicted molar refractivity (Wildman–Crippen MR) is 81.3 cm³/mol. The van der Waals surface area contributed by atoms with E-state index in [0.29, 0.717) is 24.5 Å². The molecule has 1 aromatic rings. The fraction of sp³-hybridized carbons (Fsp3) is 0.588. The summed E-state index contributed by atoms with van der Waals surface area (Å²) in [6.45, 7) is 2.85. The van der Waals surface area contributed by atoms with Gasteiger partial charge in [-0.15, -0.1) is 0 Å². The van der Waals surface area contributed by atoms with Gasteiger partial charge in [0.05, 0.1) is 12.6 Å². The van der Waals surface area contributed by atoms with E-state index in [2.05, 4.69) is 21.9 Å². The number of likely N-dealkylation sites (tertiary alicyclic amines) is 1. The van der Waals surface area contributed by atoms with Gasteiger partial charge in [-0.05, 0) is 31.4 Å². The fourth-order valence-corrected chi connectivity index (χ4v) is 4.26. The van der Waals surface area contributed by atoms with Crippen molar-refractivity contribution in [3.63, 3.8) is 0 Å². The second-order valence-corrected chi connectivity index (χ2v) is 6.32. The molecule has 0 aromatic heterocycles. The summed E-state index contributed by atoms with van der Waals surface area (Å²) in [5.41, 5.74) is 1.06. The molecule has 0 bridgehead atoms. The first-order valence-electron chi connectivity index (χ1n) is 8.05. The Bertz CT molecular complexity index is 513. The predicted octanol–water partition coefficient (Wildman–Crippen LogP) is 2.05. The molecule has 0 aliphatic carbocycles. The minimum absolute atomic E-state index is 0.284. The number of carbonyl (C=O) groups excluding carboxylic acids is 1. The normalized spacial score (nSPS) is 33.4. The zero-order valence-corrected chi connectivity index (χ0v) is 12.3. The number of carbonyl (C=O) groups is 1. The lowest BCUT2D eigenvalue weighted by molar-refractivity contribution is -0.121. The number of hydrogen-bond donors (Lipinski definition) is 0. The number of piperidine rings is 1. The third kappa shape index (κ3) is 2.27. The largest absolute Gasteiger partial charge is 0.380 e. The van der Waals surface area contributed by atoms with Gasteiger partial charge in [0.1, 0.15) is 0 Å². The number of para-hydroxylation sites is 1. The Kier molecular flexibility index (Phi) is 3.43. The van der Waals surface area contributed by atoms with Crippen LogP contribution in [0, 0.1) is 0 Å².